The molecule has 0 aromatic heterocycles. The lowest BCUT2D eigenvalue weighted by molar-refractivity contribution is 0.0295. The molecule has 1 rings (SSSR count). The van der Waals surface area contributed by atoms with Crippen molar-refractivity contribution in [2.75, 3.05) is 13.1 Å². The molecule has 15 heavy (non-hydrogen) atoms. The minimum Gasteiger partial charge on any atom is -0.772 e. The van der Waals surface area contributed by atoms with Gasteiger partial charge in [0, 0.05) is 18.3 Å². The van der Waals surface area contributed by atoms with Gasteiger partial charge in [-0.25, -0.2) is 4.79 Å². The lowest BCUT2D eigenvalue weighted by atomic mass is 10.2. The van der Waals surface area contributed by atoms with E-state index in [0.717, 1.165) is 0 Å². The summed E-state index contributed by atoms with van der Waals surface area (Å²) in [6, 6.07) is 0. The van der Waals surface area contributed by atoms with Gasteiger partial charge in [-0.15, -0.1) is 0 Å². The van der Waals surface area contributed by atoms with Gasteiger partial charge in [0.1, 0.15) is 5.60 Å². The number of likely N-dealkylation sites (tertiary alicyclic amines) is 1. The third kappa shape index (κ3) is 3.79. The van der Waals surface area contributed by atoms with Crippen LogP contribution in [-0.2, 0) is 15.8 Å². The summed E-state index contributed by atoms with van der Waals surface area (Å²) in [5, 5.41) is -0.447. The van der Waals surface area contributed by atoms with E-state index in [1.807, 2.05) is 0 Å². The molecular weight excluding hydrogens is 218 g/mol. The summed E-state index contributed by atoms with van der Waals surface area (Å²) in [7, 11) is 0. The summed E-state index contributed by atoms with van der Waals surface area (Å²) in [6.07, 6.45) is 0.0606. The molecule has 0 aliphatic carbocycles. The van der Waals surface area contributed by atoms with Crippen molar-refractivity contribution in [3.05, 3.63) is 0 Å². The topological polar surface area (TPSA) is 69.7 Å². The van der Waals surface area contributed by atoms with Gasteiger partial charge in [-0.1, -0.05) is 11.1 Å². The molecule has 0 aromatic carbocycles. The number of carbonyl (C=O) groups is 1. The van der Waals surface area contributed by atoms with Crippen LogP contribution >= 0.6 is 0 Å². The third-order valence-corrected chi connectivity index (χ3v) is 3.00. The van der Waals surface area contributed by atoms with Gasteiger partial charge in [-0.3, -0.25) is 4.21 Å². The van der Waals surface area contributed by atoms with E-state index in [0.29, 0.717) is 13.0 Å². The van der Waals surface area contributed by atoms with E-state index < -0.39 is 28.0 Å². The maximum absolute atomic E-state index is 11.5. The summed E-state index contributed by atoms with van der Waals surface area (Å²) >= 11 is -2.10. The predicted molar refractivity (Wildman–Crippen MR) is 55.1 cm³/mol. The fourth-order valence-corrected chi connectivity index (χ4v) is 1.98. The molecule has 1 fully saturated rings. The molecule has 2 atom stereocenters. The predicted octanol–water partition coefficient (Wildman–Crippen LogP) is 0.875. The van der Waals surface area contributed by atoms with Crippen LogP contribution in [0.5, 0.6) is 0 Å². The molecule has 0 N–H and O–H groups in total. The van der Waals surface area contributed by atoms with Crippen LogP contribution in [0.15, 0.2) is 0 Å². The molecule has 0 aromatic rings. The van der Waals surface area contributed by atoms with E-state index in [4.69, 9.17) is 4.74 Å². The zero-order valence-corrected chi connectivity index (χ0v) is 10.0. The zero-order valence-electron chi connectivity index (χ0n) is 9.19. The highest BCUT2D eigenvalue weighted by molar-refractivity contribution is 7.79. The van der Waals surface area contributed by atoms with E-state index in [1.54, 1.807) is 20.8 Å². The SMILES string of the molecule is CC(C)(C)OC(=O)N1CC[C@@H](S(=O)[O-])C1. The average Bonchev–Trinajstić information content (AvgIpc) is 2.47. The molecule has 1 unspecified atom stereocenters. The van der Waals surface area contributed by atoms with Crippen molar-refractivity contribution < 1.29 is 18.3 Å². The van der Waals surface area contributed by atoms with E-state index in [2.05, 4.69) is 0 Å². The van der Waals surface area contributed by atoms with Crippen LogP contribution in [0, 0.1) is 0 Å². The first-order valence-electron chi connectivity index (χ1n) is 4.85. The normalized spacial score (nSPS) is 24.0. The van der Waals surface area contributed by atoms with Crippen molar-refractivity contribution in [3.8, 4) is 0 Å². The maximum Gasteiger partial charge on any atom is 0.410 e. The molecule has 0 radical (unpaired) electrons. The smallest absolute Gasteiger partial charge is 0.410 e. The third-order valence-electron chi connectivity index (χ3n) is 2.07. The highest BCUT2D eigenvalue weighted by Gasteiger charge is 2.30. The van der Waals surface area contributed by atoms with Crippen LogP contribution in [-0.4, -0.2) is 43.7 Å². The number of hydrogen-bond donors (Lipinski definition) is 0. The summed E-state index contributed by atoms with van der Waals surface area (Å²) < 4.78 is 26.5. The molecule has 6 heteroatoms. The monoisotopic (exact) mass is 234 g/mol. The van der Waals surface area contributed by atoms with Gasteiger partial charge in [0.15, 0.2) is 0 Å². The largest absolute Gasteiger partial charge is 0.772 e. The lowest BCUT2D eigenvalue weighted by Crippen LogP contribution is -2.36. The second kappa shape index (κ2) is 4.49. The standard InChI is InChI=1S/C9H17NO4S/c1-9(2,3)14-8(11)10-5-4-7(6-10)15(12)13/h7H,4-6H2,1-3H3,(H,12,13)/p-1/t7-/m1/s1. The first-order chi connectivity index (χ1) is 6.79. The number of carbonyl (C=O) groups excluding carboxylic acids is 1. The lowest BCUT2D eigenvalue weighted by Gasteiger charge is -2.24. The summed E-state index contributed by atoms with van der Waals surface area (Å²) in [5.41, 5.74) is -0.536. The van der Waals surface area contributed by atoms with Crippen molar-refractivity contribution in [2.24, 2.45) is 0 Å². The average molecular weight is 234 g/mol. The van der Waals surface area contributed by atoms with Crippen molar-refractivity contribution in [1.29, 1.82) is 0 Å². The number of rotatable bonds is 1. The Morgan fingerprint density at radius 1 is 1.53 bits per heavy atom. The van der Waals surface area contributed by atoms with Gasteiger partial charge in [-0.2, -0.15) is 0 Å². The van der Waals surface area contributed by atoms with Crippen LogP contribution < -0.4 is 0 Å². The zero-order chi connectivity index (χ0) is 11.6. The molecule has 0 saturated carbocycles. The molecule has 1 aliphatic rings. The summed E-state index contributed by atoms with van der Waals surface area (Å²) in [6.45, 7) is 6.04. The van der Waals surface area contributed by atoms with E-state index in [-0.39, 0.29) is 6.54 Å². The highest BCUT2D eigenvalue weighted by Crippen LogP contribution is 2.17. The summed E-state index contributed by atoms with van der Waals surface area (Å²) in [4.78, 5) is 13.0. The highest BCUT2D eigenvalue weighted by atomic mass is 32.2. The first-order valence-corrected chi connectivity index (χ1v) is 5.99. The Labute approximate surface area is 92.1 Å². The fraction of sp³-hybridized carbons (Fsp3) is 0.889. The van der Waals surface area contributed by atoms with Gasteiger partial charge >= 0.3 is 6.09 Å². The fourth-order valence-electron chi connectivity index (χ4n) is 1.38. The Morgan fingerprint density at radius 3 is 2.53 bits per heavy atom. The quantitative estimate of drug-likeness (QED) is 0.631. The molecule has 1 heterocycles. The molecular formula is C9H16NO4S-. The Bertz CT molecular complexity index is 274. The van der Waals surface area contributed by atoms with Gasteiger partial charge in [0.05, 0.1) is 0 Å². The van der Waals surface area contributed by atoms with Crippen LogP contribution in [0.4, 0.5) is 4.79 Å². The van der Waals surface area contributed by atoms with Crippen LogP contribution in [0.1, 0.15) is 27.2 Å². The minimum atomic E-state index is -2.10. The molecule has 1 saturated heterocycles. The Hall–Kier alpha value is -0.620. The Kier molecular flexibility index (Phi) is 3.72. The van der Waals surface area contributed by atoms with Gasteiger partial charge in [-0.05, 0) is 27.2 Å². The van der Waals surface area contributed by atoms with E-state index in [9.17, 15) is 13.6 Å². The Morgan fingerprint density at radius 2 is 2.13 bits per heavy atom. The molecule has 0 bridgehead atoms. The number of ether oxygens (including phenoxy) is 1. The van der Waals surface area contributed by atoms with Crippen molar-refractivity contribution >= 4 is 17.2 Å². The molecule has 88 valence electrons. The van der Waals surface area contributed by atoms with E-state index in [1.165, 1.54) is 4.90 Å². The van der Waals surface area contributed by atoms with Crippen LogP contribution in [0.3, 0.4) is 0 Å². The van der Waals surface area contributed by atoms with Crippen LogP contribution in [0.25, 0.3) is 0 Å². The number of hydrogen-bond acceptors (Lipinski definition) is 4. The van der Waals surface area contributed by atoms with Crippen molar-refractivity contribution in [3.63, 3.8) is 0 Å². The van der Waals surface area contributed by atoms with E-state index >= 15 is 0 Å². The second-order valence-corrected chi connectivity index (χ2v) is 5.79. The molecule has 0 spiro atoms. The van der Waals surface area contributed by atoms with Crippen molar-refractivity contribution in [1.82, 2.24) is 4.90 Å². The first kappa shape index (κ1) is 12.4. The number of nitrogens with zero attached hydrogens (tertiary/aromatic N) is 1. The van der Waals surface area contributed by atoms with Crippen molar-refractivity contribution in [2.45, 2.75) is 38.0 Å². The minimum absolute atomic E-state index is 0.241. The Balaban J connectivity index is 2.47. The van der Waals surface area contributed by atoms with Gasteiger partial charge < -0.3 is 14.2 Å². The number of amides is 1. The van der Waals surface area contributed by atoms with Gasteiger partial charge in [0.25, 0.3) is 0 Å². The summed E-state index contributed by atoms with van der Waals surface area (Å²) in [5.74, 6) is 0. The van der Waals surface area contributed by atoms with Gasteiger partial charge in [0.2, 0.25) is 0 Å². The molecule has 5 nitrogen and oxygen atoms in total. The second-order valence-electron chi connectivity index (χ2n) is 4.60. The maximum atomic E-state index is 11.5. The molecule has 1 amide bonds. The van der Waals surface area contributed by atoms with Crippen LogP contribution in [0.2, 0.25) is 0 Å². The molecule has 1 aliphatic heterocycles.